The van der Waals surface area contributed by atoms with Gasteiger partial charge in [0.1, 0.15) is 39.6 Å². The number of aliphatic carboxylic acids is 2. The summed E-state index contributed by atoms with van der Waals surface area (Å²) < 4.78 is 79.2. The zero-order valence-electron chi connectivity index (χ0n) is 73.1. The summed E-state index contributed by atoms with van der Waals surface area (Å²) in [5.41, 5.74) is 4.25. The number of carboxylic acids is 2. The zero-order chi connectivity index (χ0) is 87.6. The summed E-state index contributed by atoms with van der Waals surface area (Å²) in [6.45, 7) is 23.9. The summed E-state index contributed by atoms with van der Waals surface area (Å²) in [5.74, 6) is 0.903. The first kappa shape index (κ1) is 101. The van der Waals surface area contributed by atoms with Crippen LogP contribution in [0.4, 0.5) is 9.59 Å². The van der Waals surface area contributed by atoms with Crippen LogP contribution in [0.2, 0.25) is 10.3 Å². The molecule has 4 aromatic heterocycles. The van der Waals surface area contributed by atoms with Gasteiger partial charge in [0.2, 0.25) is 0 Å². The van der Waals surface area contributed by atoms with Crippen LogP contribution in [0.15, 0.2) is 109 Å². The maximum absolute atomic E-state index is 13.4. The number of aromatic nitrogens is 4. The molecule has 5 heterocycles. The molecule has 30 heteroatoms. The van der Waals surface area contributed by atoms with Crippen molar-refractivity contribution < 1.29 is 96.3 Å². The van der Waals surface area contributed by atoms with Crippen LogP contribution in [0.3, 0.4) is 0 Å². The SMILES string of the molecule is CCN(CC)CC.CO[C@H]1CC[C@H](C(=O)O)C1.CO[C@H]1CC[C@H](CO)C1.CO[C@H]1CC[C@H](COS(C)(=O)=O)C1.CO[C@H]1CC[C@H](COc2ccc3c(c2)cc(-c2cc4ccccc4nc2Cl)n3C(=O)OC(C)(C)C)C1.CO[C@H]1CN[C@H](COc2ccc3c(c2)cc(-c2cc4ccccc4nc2Cl)n3C(=O)OC(C)(C)C)C1.O=C(O)[C@H]1CC[C@H](O)C1.[2HH].[B]. The van der Waals surface area contributed by atoms with Gasteiger partial charge in [-0.15, -0.1) is 0 Å². The third-order valence-corrected chi connectivity index (χ3v) is 23.6. The van der Waals surface area contributed by atoms with Gasteiger partial charge in [-0.05, 0) is 254 Å². The summed E-state index contributed by atoms with van der Waals surface area (Å²) in [6, 6.07) is 35.0. The number of carbonyl (C=O) groups excluding carboxylic acids is 2. The molecule has 121 heavy (non-hydrogen) atoms. The number of aliphatic hydroxyl groups is 2. The smallest absolute Gasteiger partial charge is 0.419 e. The maximum Gasteiger partial charge on any atom is 0.419 e. The van der Waals surface area contributed by atoms with Crippen molar-refractivity contribution in [3.63, 3.8) is 0 Å². The third kappa shape index (κ3) is 31.0. The number of hydrogen-bond acceptors (Lipinski definition) is 22. The Morgan fingerprint density at radius 1 is 0.512 bits per heavy atom. The lowest BCUT2D eigenvalue weighted by atomic mass is 10.1. The van der Waals surface area contributed by atoms with Gasteiger partial charge >= 0.3 is 24.1 Å². The van der Waals surface area contributed by atoms with Gasteiger partial charge in [-0.2, -0.15) is 8.42 Å². The predicted molar refractivity (Wildman–Crippen MR) is 477 cm³/mol. The van der Waals surface area contributed by atoms with Crippen molar-refractivity contribution in [2.75, 3.05) is 94.4 Å². The molecule has 6 aliphatic rings. The largest absolute Gasteiger partial charge is 0.493 e. The van der Waals surface area contributed by atoms with Crippen molar-refractivity contribution in [2.24, 2.45) is 29.6 Å². The van der Waals surface area contributed by atoms with Crippen molar-refractivity contribution in [3.8, 4) is 34.0 Å². The molecule has 5 N–H and O–H groups in total. The molecule has 4 aromatic carbocycles. The van der Waals surface area contributed by atoms with E-state index >= 15 is 0 Å². The minimum atomic E-state index is -3.28. The molecule has 5 saturated carbocycles. The fraction of sp³-hybridized carbons (Fsp3) is 0.582. The predicted octanol–water partition coefficient (Wildman–Crippen LogP) is 17.4. The highest BCUT2D eigenvalue weighted by atomic mass is 35.5. The van der Waals surface area contributed by atoms with Crippen molar-refractivity contribution in [2.45, 2.75) is 219 Å². The van der Waals surface area contributed by atoms with Crippen LogP contribution < -0.4 is 14.8 Å². The Bertz CT molecular complexity index is 4500. The molecule has 667 valence electrons. The summed E-state index contributed by atoms with van der Waals surface area (Å²) in [4.78, 5) is 58.9. The van der Waals surface area contributed by atoms with Crippen molar-refractivity contribution in [3.05, 3.63) is 120 Å². The fourth-order valence-corrected chi connectivity index (χ4v) is 16.6. The van der Waals surface area contributed by atoms with Crippen LogP contribution in [0.25, 0.3) is 66.1 Å². The molecule has 6 fully saturated rings. The Morgan fingerprint density at radius 3 is 1.27 bits per heavy atom. The second-order valence-corrected chi connectivity index (χ2v) is 36.0. The van der Waals surface area contributed by atoms with Gasteiger partial charge in [-0.1, -0.05) is 80.4 Å². The molecule has 0 bridgehead atoms. The lowest BCUT2D eigenvalue weighted by Gasteiger charge is -2.21. The number of carbonyl (C=O) groups is 4. The number of methoxy groups -OCH3 is 5. The van der Waals surface area contributed by atoms with Crippen molar-refractivity contribution in [1.82, 2.24) is 29.3 Å². The Labute approximate surface area is 727 Å². The van der Waals surface area contributed by atoms with Gasteiger partial charge in [0.05, 0.1) is 101 Å². The Balaban J connectivity index is 0.000000245. The number of benzene rings is 4. The molecule has 1 aliphatic heterocycles. The lowest BCUT2D eigenvalue weighted by molar-refractivity contribution is -0.142. The number of nitrogens with one attached hydrogen (secondary N) is 1. The van der Waals surface area contributed by atoms with E-state index in [0.717, 1.165) is 139 Å². The number of fused-ring (bicyclic) bond motifs is 4. The molecular formula is C91H130BCl2N6O20S. The number of nitrogens with zero attached hydrogens (tertiary/aromatic N) is 5. The van der Waals surface area contributed by atoms with Crippen LogP contribution >= 0.6 is 23.2 Å². The van der Waals surface area contributed by atoms with Crippen molar-refractivity contribution >= 4 is 109 Å². The molecule has 0 amide bonds. The van der Waals surface area contributed by atoms with E-state index < -0.39 is 45.4 Å². The fourth-order valence-electron chi connectivity index (χ4n) is 15.7. The topological polar surface area (TPSA) is 327 Å². The summed E-state index contributed by atoms with van der Waals surface area (Å²) in [7, 11) is 5.28. The van der Waals surface area contributed by atoms with Crippen LogP contribution in [-0.2, 0) is 57.0 Å². The van der Waals surface area contributed by atoms with Crippen LogP contribution in [-0.4, -0.2) is 234 Å². The summed E-state index contributed by atoms with van der Waals surface area (Å²) in [5, 5.41) is 42.2. The molecule has 26 nitrogen and oxygen atoms in total. The Morgan fingerprint density at radius 2 is 0.917 bits per heavy atom. The van der Waals surface area contributed by atoms with E-state index in [1.165, 1.54) is 19.6 Å². The van der Waals surface area contributed by atoms with E-state index in [-0.39, 0.29) is 52.1 Å². The molecule has 12 atom stereocenters. The second kappa shape index (κ2) is 48.1. The molecular weight excluding hydrogens is 1610 g/mol. The number of ether oxygens (including phenoxy) is 9. The zero-order valence-corrected chi connectivity index (χ0v) is 75.4. The first-order valence-electron chi connectivity index (χ1n) is 41.9. The number of rotatable bonds is 22. The van der Waals surface area contributed by atoms with E-state index in [1.807, 2.05) is 151 Å². The van der Waals surface area contributed by atoms with Crippen LogP contribution in [0.1, 0.15) is 166 Å². The van der Waals surface area contributed by atoms with Gasteiger partial charge < -0.3 is 73.3 Å². The third-order valence-electron chi connectivity index (χ3n) is 22.5. The highest BCUT2D eigenvalue weighted by Crippen LogP contribution is 2.40. The Hall–Kier alpha value is -7.55. The second-order valence-electron chi connectivity index (χ2n) is 33.6. The van der Waals surface area contributed by atoms with Crippen molar-refractivity contribution in [1.29, 1.82) is 0 Å². The van der Waals surface area contributed by atoms with Gasteiger partial charge in [-0.25, -0.2) is 28.7 Å². The first-order chi connectivity index (χ1) is 57.1. The summed E-state index contributed by atoms with van der Waals surface area (Å²) >= 11 is 13.3. The first-order valence-corrected chi connectivity index (χ1v) is 44.5. The molecule has 1 saturated heterocycles. The highest BCUT2D eigenvalue weighted by molar-refractivity contribution is 7.86. The number of carboxylic acid groups (broad SMARTS) is 2. The van der Waals surface area contributed by atoms with E-state index in [1.54, 1.807) is 44.7 Å². The van der Waals surface area contributed by atoms with Crippen LogP contribution in [0, 0.1) is 29.6 Å². The maximum atomic E-state index is 13.4. The van der Waals surface area contributed by atoms with Gasteiger partial charge in [-0.3, -0.25) is 13.8 Å². The van der Waals surface area contributed by atoms with E-state index in [0.29, 0.717) is 120 Å². The van der Waals surface area contributed by atoms with E-state index in [4.69, 9.17) is 90.4 Å². The molecule has 0 unspecified atom stereocenters. The number of pyridine rings is 2. The molecule has 14 rings (SSSR count). The number of halogens is 2. The Kier molecular flexibility index (Phi) is 40.0. The van der Waals surface area contributed by atoms with E-state index in [2.05, 4.69) is 41.0 Å². The number of aliphatic hydroxyl groups excluding tert-OH is 2. The minimum Gasteiger partial charge on any atom is -0.493 e. The normalized spacial score (nSPS) is 22.4. The average Bonchev–Trinajstić information content (AvgIpc) is 1.61. The lowest BCUT2D eigenvalue weighted by Crippen LogP contribution is -2.28. The number of hydrogen-bond donors (Lipinski definition) is 5. The van der Waals surface area contributed by atoms with E-state index in [9.17, 15) is 27.6 Å². The minimum absolute atomic E-state index is 0. The summed E-state index contributed by atoms with van der Waals surface area (Å²) in [6.07, 6.45) is 15.6. The number of para-hydroxylation sites is 2. The van der Waals surface area contributed by atoms with Gasteiger partial charge in [0, 0.05) is 97.3 Å². The molecule has 3 radical (unpaired) electrons. The molecule has 8 aromatic rings. The van der Waals surface area contributed by atoms with Crippen LogP contribution in [0.5, 0.6) is 11.5 Å². The average molecular weight is 1740 g/mol. The molecule has 0 spiro atoms. The standard InChI is InChI=1S/C29H31ClN2O4.C28H30ClN3O4.C8H16O4S.C7H12O3.C7H14O2.C6H15N.C6H10O3.B.H2/c1-29(2,3)36-28(33)32-25-12-11-22(35-17-18-9-10-21(13-18)34-4)14-20(25)16-26(32)23-15-19-7-5-6-8-24(19)31-27(23)30;1-28(2,3)36-27(33)32-24-10-9-20(35-16-19-14-21(34-4)15-30-19)11-18(24)13-25(32)22-12-17-7-5-6-8-23(17)31-26(22)29;1-11-8-4-3-7(5-8)6-12-13(2,9)10;1-10-6-3-2-5(4-6)7(8)9;1-9-7-3-2-6(4-7)5-8;1-4-7(5-2)6-3;7-5-2-1-4(3-5)6(8)9;;/h5-8,11-12,14-16,18,21H,9-10,13,17H2,1-4H3;5-13,19,21,30H,14-16H2,1-4H3;7-8H,3-6H2,1-2H3;5-6H,2-4H2,1H3,(H,8,9);6-8H,2-5H2,1H3;4-6H2,1-3H3;4-5,7H,1-3H2,(H,8,9);;1H/t18-,21-;19-,21+;7-,8-;5-,6-;6-,7-;;4-,5-;;/m00000.0../s1/i;;;;;;;;1+1. The monoisotopic (exact) mass is 1740 g/mol. The quantitative estimate of drug-likeness (QED) is 0.0239. The van der Waals surface area contributed by atoms with Gasteiger partial charge in [0.25, 0.3) is 10.1 Å². The highest BCUT2D eigenvalue weighted by Gasteiger charge is 2.33. The molecule has 5 aliphatic carbocycles. The van der Waals surface area contributed by atoms with Gasteiger partial charge in [0.15, 0.2) is 0 Å².